The van der Waals surface area contributed by atoms with Crippen LogP contribution in [0.15, 0.2) is 42.5 Å². The van der Waals surface area contributed by atoms with E-state index in [-0.39, 0.29) is 11.8 Å². The Morgan fingerprint density at radius 3 is 2.48 bits per heavy atom. The SMILES string of the molecule is CC(C)(C)OC(=O)N1CCN(c2ccc([N+](=O)[O-])c(NCc3cccc(Cl)c3)c2)CC1. The van der Waals surface area contributed by atoms with Crippen molar-refractivity contribution in [2.45, 2.75) is 32.9 Å². The molecule has 1 heterocycles. The normalized spacial score (nSPS) is 14.3. The third kappa shape index (κ3) is 6.24. The standard InChI is InChI=1S/C22H27ClN4O4/c1-22(2,3)31-21(28)26-11-9-25(10-12-26)18-7-8-20(27(29)30)19(14-18)24-15-16-5-4-6-17(23)13-16/h4-8,13-14,24H,9-12,15H2,1-3H3. The Morgan fingerprint density at radius 2 is 1.87 bits per heavy atom. The van der Waals surface area contributed by atoms with Crippen LogP contribution >= 0.6 is 11.6 Å². The molecule has 8 nitrogen and oxygen atoms in total. The third-order valence-electron chi connectivity index (χ3n) is 4.85. The minimum absolute atomic E-state index is 0.0122. The molecule has 1 saturated heterocycles. The van der Waals surface area contributed by atoms with Gasteiger partial charge in [-0.2, -0.15) is 0 Å². The number of piperazine rings is 1. The minimum Gasteiger partial charge on any atom is -0.444 e. The van der Waals surface area contributed by atoms with Crippen LogP contribution in [0, 0.1) is 10.1 Å². The third-order valence-corrected chi connectivity index (χ3v) is 5.08. The van der Waals surface area contributed by atoms with E-state index in [4.69, 9.17) is 16.3 Å². The Labute approximate surface area is 186 Å². The van der Waals surface area contributed by atoms with Crippen LogP contribution in [0.25, 0.3) is 0 Å². The van der Waals surface area contributed by atoms with Gasteiger partial charge in [0, 0.05) is 49.5 Å². The number of carbonyl (C=O) groups excluding carboxylic acids is 1. The summed E-state index contributed by atoms with van der Waals surface area (Å²) in [5, 5.41) is 15.3. The van der Waals surface area contributed by atoms with Gasteiger partial charge in [0.2, 0.25) is 0 Å². The summed E-state index contributed by atoms with van der Waals surface area (Å²) in [7, 11) is 0. The van der Waals surface area contributed by atoms with E-state index in [1.165, 1.54) is 6.07 Å². The highest BCUT2D eigenvalue weighted by atomic mass is 35.5. The molecule has 2 aromatic carbocycles. The summed E-state index contributed by atoms with van der Waals surface area (Å²) in [6, 6.07) is 12.4. The van der Waals surface area contributed by atoms with E-state index in [2.05, 4.69) is 10.2 Å². The van der Waals surface area contributed by atoms with E-state index in [1.807, 2.05) is 39.0 Å². The van der Waals surface area contributed by atoms with Crippen LogP contribution < -0.4 is 10.2 Å². The molecular weight excluding hydrogens is 420 g/mol. The van der Waals surface area contributed by atoms with Crippen molar-refractivity contribution < 1.29 is 14.5 Å². The quantitative estimate of drug-likeness (QED) is 0.518. The van der Waals surface area contributed by atoms with Gasteiger partial charge in [-0.1, -0.05) is 23.7 Å². The first-order valence-corrected chi connectivity index (χ1v) is 10.5. The lowest BCUT2D eigenvalue weighted by atomic mass is 10.1. The fourth-order valence-electron chi connectivity index (χ4n) is 3.34. The Balaban J connectivity index is 1.69. The van der Waals surface area contributed by atoms with Crippen LogP contribution in [0.2, 0.25) is 5.02 Å². The van der Waals surface area contributed by atoms with Gasteiger partial charge in [-0.25, -0.2) is 4.79 Å². The Bertz CT molecular complexity index is 953. The van der Waals surface area contributed by atoms with Crippen molar-refractivity contribution in [3.8, 4) is 0 Å². The zero-order chi connectivity index (χ0) is 22.6. The molecule has 2 aromatic rings. The number of carbonyl (C=O) groups is 1. The smallest absolute Gasteiger partial charge is 0.410 e. The molecule has 9 heteroatoms. The van der Waals surface area contributed by atoms with Crippen LogP contribution in [0.5, 0.6) is 0 Å². The molecule has 1 aliphatic rings. The second-order valence-corrected chi connectivity index (χ2v) is 8.83. The van der Waals surface area contributed by atoms with Gasteiger partial charge < -0.3 is 19.9 Å². The predicted octanol–water partition coefficient (Wildman–Crippen LogP) is 4.92. The summed E-state index contributed by atoms with van der Waals surface area (Å²) in [5.74, 6) is 0. The lowest BCUT2D eigenvalue weighted by molar-refractivity contribution is -0.384. The van der Waals surface area contributed by atoms with E-state index >= 15 is 0 Å². The molecule has 0 atom stereocenters. The number of nitro benzene ring substituents is 1. The van der Waals surface area contributed by atoms with Gasteiger partial charge in [0.15, 0.2) is 0 Å². The first kappa shape index (κ1) is 22.7. The van der Waals surface area contributed by atoms with Crippen molar-refractivity contribution in [3.63, 3.8) is 0 Å². The second kappa shape index (κ2) is 9.43. The average Bonchev–Trinajstić information content (AvgIpc) is 2.71. The van der Waals surface area contributed by atoms with Gasteiger partial charge in [0.25, 0.3) is 5.69 Å². The summed E-state index contributed by atoms with van der Waals surface area (Å²) in [6.07, 6.45) is -0.320. The zero-order valence-electron chi connectivity index (χ0n) is 17.9. The number of rotatable bonds is 5. The molecule has 1 fully saturated rings. The second-order valence-electron chi connectivity index (χ2n) is 8.40. The summed E-state index contributed by atoms with van der Waals surface area (Å²) in [6.45, 7) is 8.23. The molecule has 0 aliphatic carbocycles. The highest BCUT2D eigenvalue weighted by molar-refractivity contribution is 6.30. The fraction of sp³-hybridized carbons (Fsp3) is 0.409. The van der Waals surface area contributed by atoms with Crippen LogP contribution in [0.4, 0.5) is 21.9 Å². The molecule has 0 aromatic heterocycles. The molecule has 1 amide bonds. The number of hydrogen-bond acceptors (Lipinski definition) is 6. The number of nitrogens with zero attached hydrogens (tertiary/aromatic N) is 3. The molecular formula is C22H27ClN4O4. The Kier molecular flexibility index (Phi) is 6.90. The van der Waals surface area contributed by atoms with Gasteiger partial charge in [-0.05, 0) is 50.6 Å². The van der Waals surface area contributed by atoms with Gasteiger partial charge >= 0.3 is 6.09 Å². The molecule has 1 N–H and O–H groups in total. The van der Waals surface area contributed by atoms with Gasteiger partial charge in [-0.3, -0.25) is 10.1 Å². The maximum absolute atomic E-state index is 12.3. The minimum atomic E-state index is -0.532. The molecule has 31 heavy (non-hydrogen) atoms. The molecule has 1 aliphatic heterocycles. The molecule has 0 spiro atoms. The lowest BCUT2D eigenvalue weighted by Crippen LogP contribution is -2.50. The number of benzene rings is 2. The van der Waals surface area contributed by atoms with Crippen molar-refractivity contribution in [3.05, 3.63) is 63.2 Å². The highest BCUT2D eigenvalue weighted by Gasteiger charge is 2.26. The molecule has 3 rings (SSSR count). The van der Waals surface area contributed by atoms with E-state index < -0.39 is 10.5 Å². The zero-order valence-corrected chi connectivity index (χ0v) is 18.7. The number of nitro groups is 1. The predicted molar refractivity (Wildman–Crippen MR) is 122 cm³/mol. The van der Waals surface area contributed by atoms with Gasteiger partial charge in [-0.15, -0.1) is 0 Å². The van der Waals surface area contributed by atoms with E-state index in [0.29, 0.717) is 43.4 Å². The summed E-state index contributed by atoms with van der Waals surface area (Å²) < 4.78 is 5.44. The van der Waals surface area contributed by atoms with Crippen LogP contribution in [0.3, 0.4) is 0 Å². The van der Waals surface area contributed by atoms with E-state index in [9.17, 15) is 14.9 Å². The summed E-state index contributed by atoms with van der Waals surface area (Å²) >= 11 is 6.02. The van der Waals surface area contributed by atoms with Crippen LogP contribution in [0.1, 0.15) is 26.3 Å². The number of hydrogen-bond donors (Lipinski definition) is 1. The Morgan fingerprint density at radius 1 is 1.16 bits per heavy atom. The maximum Gasteiger partial charge on any atom is 0.410 e. The highest BCUT2D eigenvalue weighted by Crippen LogP contribution is 2.31. The average molecular weight is 447 g/mol. The molecule has 166 valence electrons. The number of amides is 1. The number of halogens is 1. The van der Waals surface area contributed by atoms with E-state index in [1.54, 1.807) is 23.1 Å². The van der Waals surface area contributed by atoms with Crippen molar-refractivity contribution in [2.24, 2.45) is 0 Å². The first-order chi connectivity index (χ1) is 14.6. The lowest BCUT2D eigenvalue weighted by Gasteiger charge is -2.36. The fourth-order valence-corrected chi connectivity index (χ4v) is 3.55. The topological polar surface area (TPSA) is 88.0 Å². The molecule has 0 saturated carbocycles. The van der Waals surface area contributed by atoms with Crippen molar-refractivity contribution in [1.29, 1.82) is 0 Å². The number of ether oxygens (including phenoxy) is 1. The van der Waals surface area contributed by atoms with Crippen molar-refractivity contribution in [1.82, 2.24) is 4.90 Å². The number of anilines is 2. The van der Waals surface area contributed by atoms with Crippen LogP contribution in [-0.2, 0) is 11.3 Å². The van der Waals surface area contributed by atoms with Crippen molar-refractivity contribution >= 4 is 34.8 Å². The summed E-state index contributed by atoms with van der Waals surface area (Å²) in [5.41, 5.74) is 1.72. The Hall–Kier alpha value is -3.00. The maximum atomic E-state index is 12.3. The molecule has 0 unspecified atom stereocenters. The van der Waals surface area contributed by atoms with Crippen LogP contribution in [-0.4, -0.2) is 47.7 Å². The number of nitrogens with one attached hydrogen (secondary N) is 1. The largest absolute Gasteiger partial charge is 0.444 e. The van der Waals surface area contributed by atoms with Crippen molar-refractivity contribution in [2.75, 3.05) is 36.4 Å². The summed E-state index contributed by atoms with van der Waals surface area (Å²) in [4.78, 5) is 27.1. The first-order valence-electron chi connectivity index (χ1n) is 10.1. The monoisotopic (exact) mass is 446 g/mol. The molecule has 0 bridgehead atoms. The van der Waals surface area contributed by atoms with E-state index in [0.717, 1.165) is 11.3 Å². The molecule has 0 radical (unpaired) electrons. The van der Waals surface area contributed by atoms with Gasteiger partial charge in [0.05, 0.1) is 4.92 Å². The van der Waals surface area contributed by atoms with Gasteiger partial charge in [0.1, 0.15) is 11.3 Å².